The molecule has 1 aliphatic heterocycles. The van der Waals surface area contributed by atoms with Crippen LogP contribution in [-0.2, 0) is 12.0 Å². The van der Waals surface area contributed by atoms with Crippen LogP contribution in [0.15, 0.2) is 46.8 Å². The Morgan fingerprint density at radius 2 is 2.03 bits per heavy atom. The van der Waals surface area contributed by atoms with Gasteiger partial charge in [0.15, 0.2) is 5.96 Å². The molecule has 1 unspecified atom stereocenters. The van der Waals surface area contributed by atoms with Crippen molar-refractivity contribution in [2.24, 2.45) is 4.99 Å². The van der Waals surface area contributed by atoms with Crippen molar-refractivity contribution in [1.29, 1.82) is 0 Å². The SMILES string of the molecule is CCNC(=NCC1(O)CCc2ccccc21)NC1CCN(c2cccs2)CC1.I. The van der Waals surface area contributed by atoms with Gasteiger partial charge in [-0.05, 0) is 61.2 Å². The third kappa shape index (κ3) is 5.24. The fraction of sp³-hybridized carbons (Fsp3) is 0.500. The average Bonchev–Trinajstić information content (AvgIpc) is 3.37. The molecular formula is C22H31IN4OS. The monoisotopic (exact) mass is 526 g/mol. The second kappa shape index (κ2) is 10.1. The highest BCUT2D eigenvalue weighted by Crippen LogP contribution is 2.36. The average molecular weight is 526 g/mol. The fourth-order valence-electron chi connectivity index (χ4n) is 4.25. The van der Waals surface area contributed by atoms with Gasteiger partial charge in [0.05, 0.1) is 11.5 Å². The zero-order chi connectivity index (χ0) is 19.4. The number of aryl methyl sites for hydroxylation is 1. The number of guanidine groups is 1. The van der Waals surface area contributed by atoms with Gasteiger partial charge in [-0.25, -0.2) is 4.99 Å². The molecule has 0 saturated carbocycles. The molecule has 2 heterocycles. The van der Waals surface area contributed by atoms with Crippen molar-refractivity contribution in [3.63, 3.8) is 0 Å². The molecule has 29 heavy (non-hydrogen) atoms. The number of benzene rings is 1. The summed E-state index contributed by atoms with van der Waals surface area (Å²) in [6.45, 7) is 5.42. The molecule has 1 aliphatic carbocycles. The third-order valence-corrected chi connectivity index (χ3v) is 6.75. The topological polar surface area (TPSA) is 59.9 Å². The van der Waals surface area contributed by atoms with E-state index in [-0.39, 0.29) is 24.0 Å². The van der Waals surface area contributed by atoms with Gasteiger partial charge in [-0.15, -0.1) is 35.3 Å². The van der Waals surface area contributed by atoms with E-state index in [9.17, 15) is 5.11 Å². The van der Waals surface area contributed by atoms with E-state index in [1.165, 1.54) is 10.6 Å². The van der Waals surface area contributed by atoms with Gasteiger partial charge in [0.1, 0.15) is 5.60 Å². The van der Waals surface area contributed by atoms with Crippen LogP contribution in [-0.4, -0.2) is 43.3 Å². The molecule has 0 spiro atoms. The number of piperidine rings is 1. The van der Waals surface area contributed by atoms with Gasteiger partial charge >= 0.3 is 0 Å². The Morgan fingerprint density at radius 3 is 2.76 bits per heavy atom. The number of hydrogen-bond donors (Lipinski definition) is 3. The summed E-state index contributed by atoms with van der Waals surface area (Å²) in [6, 6.07) is 12.9. The second-order valence-corrected chi connectivity index (χ2v) is 8.67. The zero-order valence-corrected chi connectivity index (χ0v) is 20.1. The highest BCUT2D eigenvalue weighted by atomic mass is 127. The number of nitrogens with one attached hydrogen (secondary N) is 2. The molecule has 0 bridgehead atoms. The minimum Gasteiger partial charge on any atom is -0.383 e. The summed E-state index contributed by atoms with van der Waals surface area (Å²) in [5.41, 5.74) is 1.44. The Labute approximate surface area is 194 Å². The number of halogens is 1. The van der Waals surface area contributed by atoms with Crippen molar-refractivity contribution in [2.75, 3.05) is 31.1 Å². The predicted molar refractivity (Wildman–Crippen MR) is 133 cm³/mol. The molecule has 1 aromatic heterocycles. The number of anilines is 1. The lowest BCUT2D eigenvalue weighted by Gasteiger charge is -2.33. The van der Waals surface area contributed by atoms with Crippen LogP contribution in [0.1, 0.15) is 37.3 Å². The van der Waals surface area contributed by atoms with Gasteiger partial charge in [0.2, 0.25) is 0 Å². The molecular weight excluding hydrogens is 495 g/mol. The first-order chi connectivity index (χ1) is 13.7. The molecule has 0 amide bonds. The zero-order valence-electron chi connectivity index (χ0n) is 16.9. The van der Waals surface area contributed by atoms with E-state index in [0.717, 1.165) is 56.8 Å². The highest BCUT2D eigenvalue weighted by molar-refractivity contribution is 14.0. The summed E-state index contributed by atoms with van der Waals surface area (Å²) in [5.74, 6) is 0.815. The summed E-state index contributed by atoms with van der Waals surface area (Å²) in [6.07, 6.45) is 3.85. The number of thiophene rings is 1. The van der Waals surface area contributed by atoms with E-state index in [2.05, 4.69) is 46.0 Å². The summed E-state index contributed by atoms with van der Waals surface area (Å²) in [4.78, 5) is 7.23. The highest BCUT2D eigenvalue weighted by Gasteiger charge is 2.36. The van der Waals surface area contributed by atoms with E-state index < -0.39 is 5.60 Å². The minimum atomic E-state index is -0.846. The number of rotatable bonds is 5. The van der Waals surface area contributed by atoms with Crippen LogP contribution < -0.4 is 15.5 Å². The minimum absolute atomic E-state index is 0. The van der Waals surface area contributed by atoms with Gasteiger partial charge in [0.25, 0.3) is 0 Å². The van der Waals surface area contributed by atoms with Crippen molar-refractivity contribution in [1.82, 2.24) is 10.6 Å². The summed E-state index contributed by atoms with van der Waals surface area (Å²) in [5, 5.41) is 21.6. The predicted octanol–water partition coefficient (Wildman–Crippen LogP) is 3.72. The van der Waals surface area contributed by atoms with Crippen LogP contribution in [0, 0.1) is 0 Å². The Kier molecular flexibility index (Phi) is 7.81. The van der Waals surface area contributed by atoms with Crippen LogP contribution in [0.4, 0.5) is 5.00 Å². The Hall–Kier alpha value is -1.32. The molecule has 1 atom stereocenters. The molecule has 158 valence electrons. The lowest BCUT2D eigenvalue weighted by atomic mass is 9.96. The number of fused-ring (bicyclic) bond motifs is 1. The van der Waals surface area contributed by atoms with E-state index in [1.807, 2.05) is 29.5 Å². The third-order valence-electron chi connectivity index (χ3n) is 5.82. The van der Waals surface area contributed by atoms with Crippen LogP contribution in [0.25, 0.3) is 0 Å². The van der Waals surface area contributed by atoms with Crippen molar-refractivity contribution >= 4 is 46.3 Å². The molecule has 1 fully saturated rings. The molecule has 2 aliphatic rings. The van der Waals surface area contributed by atoms with Crippen molar-refractivity contribution in [2.45, 2.75) is 44.2 Å². The maximum Gasteiger partial charge on any atom is 0.191 e. The maximum absolute atomic E-state index is 11.1. The van der Waals surface area contributed by atoms with Crippen molar-refractivity contribution in [3.8, 4) is 0 Å². The van der Waals surface area contributed by atoms with E-state index >= 15 is 0 Å². The van der Waals surface area contributed by atoms with E-state index in [4.69, 9.17) is 4.99 Å². The van der Waals surface area contributed by atoms with Crippen LogP contribution in [0.5, 0.6) is 0 Å². The van der Waals surface area contributed by atoms with Gasteiger partial charge in [-0.2, -0.15) is 0 Å². The first-order valence-corrected chi connectivity index (χ1v) is 11.2. The standard InChI is InChI=1S/C22H30N4OS.HI/c1-2-23-21(24-16-22(27)12-9-17-6-3-4-7-19(17)22)25-18-10-13-26(14-11-18)20-8-5-15-28-20;/h3-8,15,18,27H,2,9-14,16H2,1H3,(H2,23,24,25);1H. The molecule has 0 radical (unpaired) electrons. The molecule has 7 heteroatoms. The molecule has 1 aromatic carbocycles. The van der Waals surface area contributed by atoms with Gasteiger partial charge in [0, 0.05) is 25.7 Å². The Bertz CT molecular complexity index is 805. The van der Waals surface area contributed by atoms with Gasteiger partial charge in [-0.1, -0.05) is 24.3 Å². The van der Waals surface area contributed by atoms with E-state index in [0.29, 0.717) is 12.6 Å². The summed E-state index contributed by atoms with van der Waals surface area (Å²) >= 11 is 1.81. The Balaban J connectivity index is 0.00000240. The second-order valence-electron chi connectivity index (χ2n) is 7.74. The largest absolute Gasteiger partial charge is 0.383 e. The molecule has 3 N–H and O–H groups in total. The number of nitrogens with zero attached hydrogens (tertiary/aromatic N) is 2. The Morgan fingerprint density at radius 1 is 1.24 bits per heavy atom. The van der Waals surface area contributed by atoms with E-state index in [1.54, 1.807) is 0 Å². The lowest BCUT2D eigenvalue weighted by molar-refractivity contribution is 0.0485. The first-order valence-electron chi connectivity index (χ1n) is 10.3. The van der Waals surface area contributed by atoms with Crippen molar-refractivity contribution in [3.05, 3.63) is 52.9 Å². The van der Waals surface area contributed by atoms with Gasteiger partial charge in [-0.3, -0.25) is 0 Å². The van der Waals surface area contributed by atoms with Crippen LogP contribution in [0.3, 0.4) is 0 Å². The lowest BCUT2D eigenvalue weighted by Crippen LogP contribution is -2.49. The normalized spacial score (nSPS) is 22.1. The van der Waals surface area contributed by atoms with Crippen LogP contribution >= 0.6 is 35.3 Å². The quantitative estimate of drug-likeness (QED) is 0.316. The number of aliphatic imine (C=N–C) groups is 1. The fourth-order valence-corrected chi connectivity index (χ4v) is 5.04. The molecule has 2 aromatic rings. The summed E-state index contributed by atoms with van der Waals surface area (Å²) in [7, 11) is 0. The molecule has 1 saturated heterocycles. The number of hydrogen-bond acceptors (Lipinski definition) is 4. The first kappa shape index (κ1) is 22.4. The maximum atomic E-state index is 11.1. The van der Waals surface area contributed by atoms with Crippen molar-refractivity contribution < 1.29 is 5.11 Å². The van der Waals surface area contributed by atoms with Crippen LogP contribution in [0.2, 0.25) is 0 Å². The molecule has 4 rings (SSSR count). The van der Waals surface area contributed by atoms with Gasteiger partial charge < -0.3 is 20.6 Å². The smallest absolute Gasteiger partial charge is 0.191 e. The summed E-state index contributed by atoms with van der Waals surface area (Å²) < 4.78 is 0. The molecule has 5 nitrogen and oxygen atoms in total. The number of aliphatic hydroxyl groups is 1.